The Morgan fingerprint density at radius 1 is 1.15 bits per heavy atom. The molecule has 3 amide bonds. The highest BCUT2D eigenvalue weighted by Gasteiger charge is 2.47. The van der Waals surface area contributed by atoms with Crippen molar-refractivity contribution < 1.29 is 19.1 Å². The molecule has 1 aliphatic rings. The summed E-state index contributed by atoms with van der Waals surface area (Å²) in [5, 5.41) is 6.33. The summed E-state index contributed by atoms with van der Waals surface area (Å²) in [6, 6.07) is 13.4. The fourth-order valence-electron chi connectivity index (χ4n) is 3.70. The van der Waals surface area contributed by atoms with Crippen LogP contribution in [0.15, 0.2) is 48.5 Å². The Morgan fingerprint density at radius 2 is 1.91 bits per heavy atom. The van der Waals surface area contributed by atoms with Gasteiger partial charge in [-0.15, -0.1) is 0 Å². The molecule has 8 heteroatoms. The first-order chi connectivity index (χ1) is 15.8. The predicted molar refractivity (Wildman–Crippen MR) is 128 cm³/mol. The lowest BCUT2D eigenvalue weighted by molar-refractivity contribution is -0.126. The topological polar surface area (TPSA) is 87.7 Å². The molecule has 0 spiro atoms. The van der Waals surface area contributed by atoms with Crippen molar-refractivity contribution in [3.8, 4) is 0 Å². The number of anilines is 1. The number of ether oxygens (including phenoxy) is 1. The van der Waals surface area contributed by atoms with Crippen LogP contribution in [-0.4, -0.2) is 35.4 Å². The number of amides is 3. The highest BCUT2D eigenvalue weighted by molar-refractivity contribution is 6.30. The van der Waals surface area contributed by atoms with Crippen molar-refractivity contribution in [3.05, 3.63) is 64.7 Å². The Bertz CT molecular complexity index is 1010. The quantitative estimate of drug-likeness (QED) is 0.543. The molecule has 0 aromatic heterocycles. The van der Waals surface area contributed by atoms with Crippen LogP contribution in [0.2, 0.25) is 5.02 Å². The van der Waals surface area contributed by atoms with Gasteiger partial charge in [0.2, 0.25) is 11.8 Å². The number of hydrogen-bond acceptors (Lipinski definition) is 4. The predicted octanol–water partition coefficient (Wildman–Crippen LogP) is 4.91. The van der Waals surface area contributed by atoms with Gasteiger partial charge in [0, 0.05) is 23.7 Å². The van der Waals surface area contributed by atoms with E-state index in [1.54, 1.807) is 42.5 Å². The molecular weight excluding hydrogens is 442 g/mol. The van der Waals surface area contributed by atoms with E-state index in [2.05, 4.69) is 10.6 Å². The van der Waals surface area contributed by atoms with Crippen LogP contribution < -0.4 is 10.6 Å². The van der Waals surface area contributed by atoms with Crippen LogP contribution in [0.5, 0.6) is 0 Å². The molecule has 0 radical (unpaired) electrons. The van der Waals surface area contributed by atoms with Gasteiger partial charge in [-0.3, -0.25) is 14.5 Å². The molecule has 1 aliphatic heterocycles. The lowest BCUT2D eigenvalue weighted by Gasteiger charge is -2.25. The minimum atomic E-state index is -0.864. The second-order valence-corrected chi connectivity index (χ2v) is 9.01. The summed E-state index contributed by atoms with van der Waals surface area (Å²) >= 11 is 6.11. The fraction of sp³-hybridized carbons (Fsp3) is 0.400. The Hall–Kier alpha value is -3.06. The lowest BCUT2D eigenvalue weighted by Crippen LogP contribution is -2.47. The number of cyclic esters (lactones) is 1. The van der Waals surface area contributed by atoms with Gasteiger partial charge in [0.25, 0.3) is 0 Å². The van der Waals surface area contributed by atoms with E-state index in [9.17, 15) is 14.4 Å². The Balaban J connectivity index is 1.90. The van der Waals surface area contributed by atoms with E-state index in [-0.39, 0.29) is 24.3 Å². The van der Waals surface area contributed by atoms with Gasteiger partial charge in [0.15, 0.2) is 12.1 Å². The fourth-order valence-corrected chi connectivity index (χ4v) is 3.91. The molecule has 0 bridgehead atoms. The third kappa shape index (κ3) is 6.48. The van der Waals surface area contributed by atoms with Crippen LogP contribution in [0, 0.1) is 5.92 Å². The van der Waals surface area contributed by atoms with Gasteiger partial charge in [0.05, 0.1) is 6.54 Å². The monoisotopic (exact) mass is 471 g/mol. The molecule has 176 valence electrons. The van der Waals surface area contributed by atoms with Crippen molar-refractivity contribution >= 4 is 35.2 Å². The number of benzene rings is 2. The van der Waals surface area contributed by atoms with E-state index >= 15 is 0 Å². The largest absolute Gasteiger partial charge is 0.438 e. The molecule has 2 aromatic rings. The second-order valence-electron chi connectivity index (χ2n) is 8.57. The normalized spacial score (nSPS) is 17.7. The molecule has 2 N–H and O–H groups in total. The van der Waals surface area contributed by atoms with E-state index in [0.29, 0.717) is 29.2 Å². The number of hydrogen-bond donors (Lipinski definition) is 2. The summed E-state index contributed by atoms with van der Waals surface area (Å²) in [4.78, 5) is 39.5. The van der Waals surface area contributed by atoms with Crippen LogP contribution in [0.1, 0.15) is 50.8 Å². The average molecular weight is 472 g/mol. The summed E-state index contributed by atoms with van der Waals surface area (Å²) in [6.45, 7) is 6.60. The summed E-state index contributed by atoms with van der Waals surface area (Å²) < 4.78 is 5.69. The van der Waals surface area contributed by atoms with E-state index in [4.69, 9.17) is 16.3 Å². The van der Waals surface area contributed by atoms with E-state index < -0.39 is 18.2 Å². The van der Waals surface area contributed by atoms with Gasteiger partial charge in [-0.1, -0.05) is 56.6 Å². The molecular formula is C25H30ClN3O4. The zero-order chi connectivity index (χ0) is 24.0. The highest BCUT2D eigenvalue weighted by Crippen LogP contribution is 2.35. The summed E-state index contributed by atoms with van der Waals surface area (Å²) in [7, 11) is 0. The maximum Gasteiger partial charge on any atom is 0.411 e. The number of rotatable bonds is 9. The first-order valence-corrected chi connectivity index (χ1v) is 11.6. The number of carbonyl (C=O) groups is 3. The maximum absolute atomic E-state index is 13.2. The third-order valence-electron chi connectivity index (χ3n) is 5.26. The minimum Gasteiger partial charge on any atom is -0.438 e. The summed E-state index contributed by atoms with van der Waals surface area (Å²) in [5.74, 6) is -0.127. The molecule has 7 nitrogen and oxygen atoms in total. The van der Waals surface area contributed by atoms with Crippen LogP contribution >= 0.6 is 11.6 Å². The van der Waals surface area contributed by atoms with Gasteiger partial charge in [-0.25, -0.2) is 4.79 Å². The summed E-state index contributed by atoms with van der Waals surface area (Å²) in [5.41, 5.74) is 2.02. The van der Waals surface area contributed by atoms with Crippen molar-refractivity contribution in [2.24, 2.45) is 5.92 Å². The standard InChI is InChI=1S/C25H30ClN3O4/c1-4-7-21(30)28-20-11-6-9-18(13-20)23-22(24(31)27-14-16(2)3)29(25(32)33-23)15-17-8-5-10-19(26)12-17/h5-6,8-13,16,22-23H,4,7,14-15H2,1-3H3,(H,27,31)(H,28,30)/t22-,23-/m1/s1. The van der Waals surface area contributed by atoms with Crippen LogP contribution in [0.3, 0.4) is 0 Å². The number of nitrogens with zero attached hydrogens (tertiary/aromatic N) is 1. The molecule has 1 fully saturated rings. The van der Waals surface area contributed by atoms with Crippen LogP contribution in [-0.2, 0) is 20.9 Å². The zero-order valence-electron chi connectivity index (χ0n) is 19.1. The van der Waals surface area contributed by atoms with Gasteiger partial charge in [-0.2, -0.15) is 0 Å². The first-order valence-electron chi connectivity index (χ1n) is 11.2. The van der Waals surface area contributed by atoms with Crippen LogP contribution in [0.4, 0.5) is 10.5 Å². The Morgan fingerprint density at radius 3 is 2.61 bits per heavy atom. The molecule has 0 saturated carbocycles. The minimum absolute atomic E-state index is 0.0909. The molecule has 0 unspecified atom stereocenters. The van der Waals surface area contributed by atoms with Crippen molar-refractivity contribution in [1.29, 1.82) is 0 Å². The molecule has 1 saturated heterocycles. The van der Waals surface area contributed by atoms with Crippen LogP contribution in [0.25, 0.3) is 0 Å². The number of carbonyl (C=O) groups excluding carboxylic acids is 3. The van der Waals surface area contributed by atoms with E-state index in [1.165, 1.54) is 4.90 Å². The van der Waals surface area contributed by atoms with Gasteiger partial charge in [0.1, 0.15) is 0 Å². The van der Waals surface area contributed by atoms with Gasteiger partial charge in [-0.05, 0) is 47.7 Å². The molecule has 2 atom stereocenters. The second kappa shape index (κ2) is 11.2. The van der Waals surface area contributed by atoms with E-state index in [1.807, 2.05) is 26.8 Å². The lowest BCUT2D eigenvalue weighted by atomic mass is 9.99. The molecule has 33 heavy (non-hydrogen) atoms. The Labute approximate surface area is 199 Å². The molecule has 2 aromatic carbocycles. The maximum atomic E-state index is 13.2. The summed E-state index contributed by atoms with van der Waals surface area (Å²) in [6.07, 6.45) is -0.240. The molecule has 3 rings (SSSR count). The third-order valence-corrected chi connectivity index (χ3v) is 5.49. The highest BCUT2D eigenvalue weighted by atomic mass is 35.5. The average Bonchev–Trinajstić information content (AvgIpc) is 3.08. The van der Waals surface area contributed by atoms with E-state index in [0.717, 1.165) is 12.0 Å². The van der Waals surface area contributed by atoms with Crippen molar-refractivity contribution in [2.45, 2.75) is 52.3 Å². The van der Waals surface area contributed by atoms with Crippen molar-refractivity contribution in [2.75, 3.05) is 11.9 Å². The zero-order valence-corrected chi connectivity index (χ0v) is 19.9. The smallest absolute Gasteiger partial charge is 0.411 e. The number of nitrogens with one attached hydrogen (secondary N) is 2. The molecule has 1 heterocycles. The number of halogens is 1. The SMILES string of the molecule is CCCC(=O)Nc1cccc([C@H]2OC(=O)N(Cc3cccc(Cl)c3)[C@H]2C(=O)NCC(C)C)c1. The Kier molecular flexibility index (Phi) is 8.33. The first kappa shape index (κ1) is 24.6. The van der Waals surface area contributed by atoms with Gasteiger partial charge >= 0.3 is 6.09 Å². The van der Waals surface area contributed by atoms with Crippen molar-refractivity contribution in [1.82, 2.24) is 10.2 Å². The van der Waals surface area contributed by atoms with Gasteiger partial charge < -0.3 is 15.4 Å². The molecule has 0 aliphatic carbocycles. The van der Waals surface area contributed by atoms with Crippen molar-refractivity contribution in [3.63, 3.8) is 0 Å².